The van der Waals surface area contributed by atoms with E-state index < -0.39 is 0 Å². The summed E-state index contributed by atoms with van der Waals surface area (Å²) >= 11 is 0. The number of esters is 1. The summed E-state index contributed by atoms with van der Waals surface area (Å²) in [4.78, 5) is 14.7. The molecule has 2 unspecified atom stereocenters. The maximum atomic E-state index is 11.7. The van der Waals surface area contributed by atoms with E-state index in [0.29, 0.717) is 24.1 Å². The molecule has 0 aromatic carbocycles. The third-order valence-electron chi connectivity index (χ3n) is 3.29. The number of carbonyl (C=O) groups is 1. The van der Waals surface area contributed by atoms with Gasteiger partial charge in [0, 0.05) is 18.0 Å². The standard InChI is InChI=1S/C12H13NO2/c1-2-15-12(14)11-10-8-4-3-7(5-8)9(10)6-13-11/h3-4,6-8,13H,2,5H2,1H3. The zero-order chi connectivity index (χ0) is 10.4. The van der Waals surface area contributed by atoms with E-state index in [-0.39, 0.29) is 5.97 Å². The van der Waals surface area contributed by atoms with Crippen LogP contribution in [-0.4, -0.2) is 17.6 Å². The lowest BCUT2D eigenvalue weighted by Gasteiger charge is -2.07. The van der Waals surface area contributed by atoms with Crippen molar-refractivity contribution >= 4 is 5.97 Å². The van der Waals surface area contributed by atoms with E-state index in [1.165, 1.54) is 11.1 Å². The first-order valence-corrected chi connectivity index (χ1v) is 5.38. The molecule has 1 heterocycles. The normalized spacial score (nSPS) is 25.7. The van der Waals surface area contributed by atoms with Gasteiger partial charge in [-0.1, -0.05) is 12.2 Å². The van der Waals surface area contributed by atoms with Gasteiger partial charge in [0.1, 0.15) is 5.69 Å². The van der Waals surface area contributed by atoms with Gasteiger partial charge in [-0.2, -0.15) is 0 Å². The molecule has 2 atom stereocenters. The van der Waals surface area contributed by atoms with E-state index in [9.17, 15) is 4.79 Å². The fourth-order valence-corrected chi connectivity index (χ4v) is 2.67. The number of fused-ring (bicyclic) bond motifs is 5. The second-order valence-electron chi connectivity index (χ2n) is 4.09. The number of aromatic nitrogens is 1. The number of ether oxygens (including phenoxy) is 1. The van der Waals surface area contributed by atoms with Crippen LogP contribution < -0.4 is 0 Å². The van der Waals surface area contributed by atoms with Gasteiger partial charge in [0.05, 0.1) is 6.61 Å². The number of nitrogens with one attached hydrogen (secondary N) is 1. The molecule has 0 aliphatic heterocycles. The van der Waals surface area contributed by atoms with Crippen molar-refractivity contribution in [2.75, 3.05) is 6.61 Å². The lowest BCUT2D eigenvalue weighted by molar-refractivity contribution is 0.0519. The van der Waals surface area contributed by atoms with Gasteiger partial charge in [0.2, 0.25) is 0 Å². The molecule has 0 fully saturated rings. The lowest BCUT2D eigenvalue weighted by Crippen LogP contribution is -2.08. The van der Waals surface area contributed by atoms with Crippen LogP contribution in [0.4, 0.5) is 0 Å². The van der Waals surface area contributed by atoms with Crippen LogP contribution in [0.5, 0.6) is 0 Å². The first kappa shape index (κ1) is 8.77. The highest BCUT2D eigenvalue weighted by atomic mass is 16.5. The van der Waals surface area contributed by atoms with Crippen molar-refractivity contribution in [2.24, 2.45) is 0 Å². The number of carbonyl (C=O) groups excluding carboxylic acids is 1. The molecule has 0 spiro atoms. The minimum Gasteiger partial charge on any atom is -0.461 e. The third kappa shape index (κ3) is 1.09. The van der Waals surface area contributed by atoms with Crippen LogP contribution >= 0.6 is 0 Å². The van der Waals surface area contributed by atoms with Gasteiger partial charge in [0.15, 0.2) is 0 Å². The molecule has 0 saturated heterocycles. The molecule has 0 saturated carbocycles. The van der Waals surface area contributed by atoms with Crippen LogP contribution in [0, 0.1) is 0 Å². The van der Waals surface area contributed by atoms with Crippen LogP contribution in [0.2, 0.25) is 0 Å². The Hall–Kier alpha value is -1.51. The van der Waals surface area contributed by atoms with Gasteiger partial charge in [0.25, 0.3) is 0 Å². The van der Waals surface area contributed by atoms with Crippen LogP contribution in [0.3, 0.4) is 0 Å². The van der Waals surface area contributed by atoms with Crippen molar-refractivity contribution in [3.63, 3.8) is 0 Å². The predicted molar refractivity (Wildman–Crippen MR) is 56.0 cm³/mol. The second kappa shape index (κ2) is 2.99. The van der Waals surface area contributed by atoms with Gasteiger partial charge in [-0.3, -0.25) is 0 Å². The predicted octanol–water partition coefficient (Wildman–Crippen LogP) is 2.33. The zero-order valence-corrected chi connectivity index (χ0v) is 8.62. The molecule has 2 aliphatic rings. The number of rotatable bonds is 2. The molecular weight excluding hydrogens is 190 g/mol. The number of allylic oxidation sites excluding steroid dienone is 2. The molecular formula is C12H13NO2. The minimum absolute atomic E-state index is 0.222. The first-order chi connectivity index (χ1) is 7.31. The highest BCUT2D eigenvalue weighted by molar-refractivity contribution is 5.90. The maximum Gasteiger partial charge on any atom is 0.355 e. The van der Waals surface area contributed by atoms with Crippen molar-refractivity contribution < 1.29 is 9.53 Å². The number of aromatic amines is 1. The third-order valence-corrected chi connectivity index (χ3v) is 3.29. The van der Waals surface area contributed by atoms with E-state index in [2.05, 4.69) is 17.1 Å². The Morgan fingerprint density at radius 3 is 3.13 bits per heavy atom. The van der Waals surface area contributed by atoms with Crippen LogP contribution in [0.15, 0.2) is 18.3 Å². The van der Waals surface area contributed by atoms with E-state index in [1.807, 2.05) is 13.1 Å². The highest BCUT2D eigenvalue weighted by Crippen LogP contribution is 2.49. The second-order valence-corrected chi connectivity index (χ2v) is 4.09. The Balaban J connectivity index is 2.00. The van der Waals surface area contributed by atoms with E-state index in [4.69, 9.17) is 4.74 Å². The zero-order valence-electron chi connectivity index (χ0n) is 8.62. The van der Waals surface area contributed by atoms with Gasteiger partial charge >= 0.3 is 5.97 Å². The Morgan fingerprint density at radius 1 is 1.53 bits per heavy atom. The Kier molecular flexibility index (Phi) is 1.75. The number of hydrogen-bond acceptors (Lipinski definition) is 2. The van der Waals surface area contributed by atoms with Gasteiger partial charge < -0.3 is 9.72 Å². The Labute approximate surface area is 88.1 Å². The molecule has 0 radical (unpaired) electrons. The van der Waals surface area contributed by atoms with Crippen molar-refractivity contribution in [2.45, 2.75) is 25.2 Å². The molecule has 1 aromatic rings. The molecule has 1 N–H and O–H groups in total. The van der Waals surface area contributed by atoms with Crippen LogP contribution in [0.25, 0.3) is 0 Å². The SMILES string of the molecule is CCOC(=O)c1[nH]cc2c1C1C=CC2C1. The molecule has 3 heteroatoms. The Morgan fingerprint density at radius 2 is 2.33 bits per heavy atom. The highest BCUT2D eigenvalue weighted by Gasteiger charge is 2.37. The quantitative estimate of drug-likeness (QED) is 0.592. The first-order valence-electron chi connectivity index (χ1n) is 5.38. The number of hydrogen-bond donors (Lipinski definition) is 1. The average Bonchev–Trinajstić information content (AvgIpc) is 2.90. The Bertz CT molecular complexity index is 444. The summed E-state index contributed by atoms with van der Waals surface area (Å²) in [5.41, 5.74) is 3.11. The fraction of sp³-hybridized carbons (Fsp3) is 0.417. The van der Waals surface area contributed by atoms with Crippen molar-refractivity contribution in [3.05, 3.63) is 35.2 Å². The average molecular weight is 203 g/mol. The molecule has 0 amide bonds. The lowest BCUT2D eigenvalue weighted by atomic mass is 9.99. The molecule has 2 aliphatic carbocycles. The number of H-pyrrole nitrogens is 1. The summed E-state index contributed by atoms with van der Waals surface area (Å²) < 4.78 is 5.02. The van der Waals surface area contributed by atoms with Crippen molar-refractivity contribution in [1.29, 1.82) is 0 Å². The summed E-state index contributed by atoms with van der Waals surface area (Å²) in [5, 5.41) is 0. The minimum atomic E-state index is -0.222. The van der Waals surface area contributed by atoms with Crippen LogP contribution in [-0.2, 0) is 4.74 Å². The molecule has 3 nitrogen and oxygen atoms in total. The van der Waals surface area contributed by atoms with Crippen molar-refractivity contribution in [1.82, 2.24) is 4.98 Å². The molecule has 2 bridgehead atoms. The monoisotopic (exact) mass is 203 g/mol. The van der Waals surface area contributed by atoms with Gasteiger partial charge in [-0.05, 0) is 24.5 Å². The molecule has 3 rings (SSSR count). The van der Waals surface area contributed by atoms with Crippen molar-refractivity contribution in [3.8, 4) is 0 Å². The smallest absolute Gasteiger partial charge is 0.355 e. The topological polar surface area (TPSA) is 42.1 Å². The van der Waals surface area contributed by atoms with Gasteiger partial charge in [-0.15, -0.1) is 0 Å². The van der Waals surface area contributed by atoms with E-state index in [0.717, 1.165) is 6.42 Å². The molecule has 78 valence electrons. The summed E-state index contributed by atoms with van der Waals surface area (Å²) in [7, 11) is 0. The summed E-state index contributed by atoms with van der Waals surface area (Å²) in [6, 6.07) is 0. The maximum absolute atomic E-state index is 11.7. The van der Waals surface area contributed by atoms with Gasteiger partial charge in [-0.25, -0.2) is 4.79 Å². The molecule has 15 heavy (non-hydrogen) atoms. The summed E-state index contributed by atoms with van der Waals surface area (Å²) in [6.07, 6.45) is 7.51. The van der Waals surface area contributed by atoms with E-state index >= 15 is 0 Å². The molecule has 1 aromatic heterocycles. The van der Waals surface area contributed by atoms with E-state index in [1.54, 1.807) is 0 Å². The fourth-order valence-electron chi connectivity index (χ4n) is 2.67. The largest absolute Gasteiger partial charge is 0.461 e. The van der Waals surface area contributed by atoms with Crippen LogP contribution in [0.1, 0.15) is 46.8 Å². The summed E-state index contributed by atoms with van der Waals surface area (Å²) in [5.74, 6) is 0.722. The summed E-state index contributed by atoms with van der Waals surface area (Å²) in [6.45, 7) is 2.25.